The smallest absolute Gasteiger partial charge is 0.230 e. The number of ketones is 1. The first-order valence-corrected chi connectivity index (χ1v) is 9.72. The number of Topliss-reactive ketones (excluding diaryl/α,β-unsaturated/α-hetero) is 1. The van der Waals surface area contributed by atoms with E-state index >= 15 is 0 Å². The molecule has 0 radical (unpaired) electrons. The van der Waals surface area contributed by atoms with Crippen molar-refractivity contribution in [3.8, 4) is 0 Å². The van der Waals surface area contributed by atoms with Crippen molar-refractivity contribution < 1.29 is 19.5 Å². The lowest BCUT2D eigenvalue weighted by atomic mass is 9.77. The monoisotopic (exact) mass is 385 g/mol. The Morgan fingerprint density at radius 1 is 1.36 bits per heavy atom. The van der Waals surface area contributed by atoms with E-state index in [9.17, 15) is 19.5 Å². The Hall–Kier alpha value is -2.51. The number of carbonyl (C=O) groups excluding carboxylic acids is 3. The van der Waals surface area contributed by atoms with Gasteiger partial charge in [-0.1, -0.05) is 37.3 Å². The number of aliphatic hydroxyl groups is 1. The minimum Gasteiger partial charge on any atom is -0.394 e. The molecule has 3 unspecified atom stereocenters. The number of fused-ring (bicyclic) bond motifs is 3. The van der Waals surface area contributed by atoms with Gasteiger partial charge in [-0.25, -0.2) is 0 Å². The van der Waals surface area contributed by atoms with Crippen molar-refractivity contribution in [3.63, 3.8) is 0 Å². The van der Waals surface area contributed by atoms with E-state index in [1.807, 2.05) is 42.2 Å². The summed E-state index contributed by atoms with van der Waals surface area (Å²) in [5.74, 6) is -0.818. The van der Waals surface area contributed by atoms with E-state index in [0.717, 1.165) is 17.6 Å². The number of rotatable bonds is 7. The fraction of sp³-hybridized carbons (Fsp3) is 0.476. The summed E-state index contributed by atoms with van der Waals surface area (Å²) in [7, 11) is 0. The van der Waals surface area contributed by atoms with Crippen molar-refractivity contribution in [1.29, 1.82) is 0 Å². The second-order valence-electron chi connectivity index (χ2n) is 7.40. The Morgan fingerprint density at radius 3 is 2.71 bits per heavy atom. The molecule has 1 aromatic carbocycles. The molecule has 0 aromatic heterocycles. The molecule has 28 heavy (non-hydrogen) atoms. The molecular weight excluding hydrogens is 358 g/mol. The van der Waals surface area contributed by atoms with Crippen molar-refractivity contribution in [2.75, 3.05) is 13.2 Å². The van der Waals surface area contributed by atoms with Gasteiger partial charge in [-0.3, -0.25) is 19.3 Å². The molecule has 3 N–H and O–H groups in total. The average molecular weight is 385 g/mol. The summed E-state index contributed by atoms with van der Waals surface area (Å²) < 4.78 is 0. The Labute approximate surface area is 164 Å². The Kier molecular flexibility index (Phi) is 6.26. The molecule has 2 amide bonds. The zero-order chi connectivity index (χ0) is 20.3. The van der Waals surface area contributed by atoms with E-state index in [0.29, 0.717) is 24.9 Å². The Morgan fingerprint density at radius 2 is 2.07 bits per heavy atom. The number of hydrogen-bond donors (Lipinski definition) is 3. The number of aliphatic hydroxyl groups excluding tert-OH is 1. The van der Waals surface area contributed by atoms with Gasteiger partial charge >= 0.3 is 0 Å². The number of amides is 2. The zero-order valence-electron chi connectivity index (χ0n) is 16.2. The van der Waals surface area contributed by atoms with Gasteiger partial charge in [-0.15, -0.1) is 0 Å². The first kappa shape index (κ1) is 20.2. The van der Waals surface area contributed by atoms with Crippen LogP contribution in [0.15, 0.2) is 30.3 Å². The van der Waals surface area contributed by atoms with E-state index in [2.05, 4.69) is 10.6 Å². The van der Waals surface area contributed by atoms with Crippen LogP contribution in [0, 0.1) is 5.92 Å². The molecule has 4 atom stereocenters. The van der Waals surface area contributed by atoms with Gasteiger partial charge in [-0.2, -0.15) is 0 Å². The summed E-state index contributed by atoms with van der Waals surface area (Å²) in [6.45, 7) is 4.22. The third-order valence-electron chi connectivity index (χ3n) is 5.42. The minimum absolute atomic E-state index is 0.0699. The van der Waals surface area contributed by atoms with Crippen LogP contribution in [0.4, 0.5) is 0 Å². The third-order valence-corrected chi connectivity index (χ3v) is 5.42. The number of nitrogens with zero attached hydrogens (tertiary/aromatic N) is 1. The largest absolute Gasteiger partial charge is 0.394 e. The molecule has 1 aromatic rings. The molecule has 7 heteroatoms. The average Bonchev–Trinajstić information content (AvgIpc) is 2.70. The molecule has 1 aliphatic heterocycles. The van der Waals surface area contributed by atoms with E-state index in [1.165, 1.54) is 0 Å². The van der Waals surface area contributed by atoms with Gasteiger partial charge in [-0.05, 0) is 24.5 Å². The molecule has 2 aliphatic rings. The standard InChI is InChI=1S/C21H27N3O4/c1-3-8-24-18-10-19(27)15-7-5-4-6-14(15)16(18)9-17(20(24)22-12-26)21(28)23-13(2)11-25/h4-7,9,12-13,17-18,20,25H,3,8,10-11H2,1-2H3,(H,22,26)(H,23,28)/t13?,17-,18?,20?/m1/s1. The van der Waals surface area contributed by atoms with Crippen LogP contribution >= 0.6 is 0 Å². The lowest BCUT2D eigenvalue weighted by molar-refractivity contribution is -0.128. The van der Waals surface area contributed by atoms with Crippen LogP contribution < -0.4 is 10.6 Å². The second-order valence-corrected chi connectivity index (χ2v) is 7.40. The van der Waals surface area contributed by atoms with Gasteiger partial charge in [0.1, 0.15) is 0 Å². The zero-order valence-corrected chi connectivity index (χ0v) is 16.2. The van der Waals surface area contributed by atoms with Crippen molar-refractivity contribution in [2.45, 2.75) is 44.9 Å². The van der Waals surface area contributed by atoms with E-state index < -0.39 is 12.1 Å². The maximum absolute atomic E-state index is 12.9. The Bertz CT molecular complexity index is 792. The fourth-order valence-corrected chi connectivity index (χ4v) is 4.16. The van der Waals surface area contributed by atoms with Gasteiger partial charge in [0.15, 0.2) is 5.78 Å². The maximum Gasteiger partial charge on any atom is 0.230 e. The summed E-state index contributed by atoms with van der Waals surface area (Å²) in [6, 6.07) is 6.89. The van der Waals surface area contributed by atoms with Crippen LogP contribution in [0.25, 0.3) is 5.57 Å². The molecule has 7 nitrogen and oxygen atoms in total. The summed E-state index contributed by atoms with van der Waals surface area (Å²) in [6.07, 6.45) is 3.07. The summed E-state index contributed by atoms with van der Waals surface area (Å²) >= 11 is 0. The fourth-order valence-electron chi connectivity index (χ4n) is 4.16. The predicted molar refractivity (Wildman–Crippen MR) is 105 cm³/mol. The van der Waals surface area contributed by atoms with Crippen LogP contribution in [0.1, 0.15) is 42.6 Å². The summed E-state index contributed by atoms with van der Waals surface area (Å²) in [5, 5.41) is 14.9. The number of benzene rings is 1. The van der Waals surface area contributed by atoms with Crippen LogP contribution in [0.5, 0.6) is 0 Å². The molecule has 150 valence electrons. The highest BCUT2D eigenvalue weighted by Crippen LogP contribution is 2.40. The number of nitrogens with one attached hydrogen (secondary N) is 2. The van der Waals surface area contributed by atoms with Crippen molar-refractivity contribution in [3.05, 3.63) is 41.5 Å². The van der Waals surface area contributed by atoms with E-state index in [4.69, 9.17) is 0 Å². The minimum atomic E-state index is -0.627. The molecular formula is C21H27N3O4. The van der Waals surface area contributed by atoms with Crippen molar-refractivity contribution >= 4 is 23.7 Å². The van der Waals surface area contributed by atoms with E-state index in [1.54, 1.807) is 6.92 Å². The van der Waals surface area contributed by atoms with Crippen molar-refractivity contribution in [1.82, 2.24) is 15.5 Å². The molecule has 0 bridgehead atoms. The number of carbonyl (C=O) groups is 3. The van der Waals surface area contributed by atoms with Gasteiger partial charge in [0.05, 0.1) is 18.7 Å². The number of hydrogen-bond acceptors (Lipinski definition) is 5. The normalized spacial score (nSPS) is 25.2. The van der Waals surface area contributed by atoms with Crippen LogP contribution in [0.3, 0.4) is 0 Å². The highest BCUT2D eigenvalue weighted by Gasteiger charge is 2.44. The van der Waals surface area contributed by atoms with Crippen LogP contribution in [0.2, 0.25) is 0 Å². The second kappa shape index (κ2) is 8.67. The summed E-state index contributed by atoms with van der Waals surface area (Å²) in [4.78, 5) is 39.0. The Balaban J connectivity index is 2.09. The van der Waals surface area contributed by atoms with Gasteiger partial charge in [0, 0.05) is 30.6 Å². The molecule has 0 saturated carbocycles. The van der Waals surface area contributed by atoms with Gasteiger partial charge < -0.3 is 15.7 Å². The summed E-state index contributed by atoms with van der Waals surface area (Å²) in [5.41, 5.74) is 2.47. The molecule has 0 fully saturated rings. The molecule has 3 rings (SSSR count). The molecule has 0 saturated heterocycles. The quantitative estimate of drug-likeness (QED) is 0.607. The van der Waals surface area contributed by atoms with Gasteiger partial charge in [0.2, 0.25) is 12.3 Å². The third kappa shape index (κ3) is 3.72. The lowest BCUT2D eigenvalue weighted by Crippen LogP contribution is -2.61. The van der Waals surface area contributed by atoms with Crippen LogP contribution in [-0.2, 0) is 9.59 Å². The SMILES string of the molecule is CCCN1C2CC(=O)c3ccccc3C2=C[C@@H](C(=O)NC(C)CO)C1NC=O. The first-order valence-electron chi connectivity index (χ1n) is 9.72. The van der Waals surface area contributed by atoms with E-state index in [-0.39, 0.29) is 30.4 Å². The molecule has 1 aliphatic carbocycles. The van der Waals surface area contributed by atoms with Crippen LogP contribution in [-0.4, -0.2) is 59.5 Å². The predicted octanol–water partition coefficient (Wildman–Crippen LogP) is 0.936. The highest BCUT2D eigenvalue weighted by atomic mass is 16.3. The molecule has 1 heterocycles. The first-order chi connectivity index (χ1) is 13.5. The highest BCUT2D eigenvalue weighted by molar-refractivity contribution is 6.06. The molecule has 0 spiro atoms. The maximum atomic E-state index is 12.9. The lowest BCUT2D eigenvalue weighted by Gasteiger charge is -2.46. The topological polar surface area (TPSA) is 98.7 Å². The van der Waals surface area contributed by atoms with Crippen molar-refractivity contribution in [2.24, 2.45) is 5.92 Å². The van der Waals surface area contributed by atoms with Gasteiger partial charge in [0.25, 0.3) is 0 Å².